The largest absolute Gasteiger partial charge is 0.497 e. The average molecular weight is 278 g/mol. The molecule has 1 N–H and O–H groups in total. The summed E-state index contributed by atoms with van der Waals surface area (Å²) in [5.41, 5.74) is 0.231. The molecule has 1 aromatic rings. The first-order chi connectivity index (χ1) is 9.56. The van der Waals surface area contributed by atoms with E-state index in [-0.39, 0.29) is 5.92 Å². The minimum atomic E-state index is -0.750. The summed E-state index contributed by atoms with van der Waals surface area (Å²) in [4.78, 5) is 5.47. The maximum Gasteiger partial charge on any atom is 0.264 e. The van der Waals surface area contributed by atoms with Crippen LogP contribution in [0.2, 0.25) is 0 Å². The fourth-order valence-electron chi connectivity index (χ4n) is 3.41. The second kappa shape index (κ2) is 5.02. The van der Waals surface area contributed by atoms with Crippen molar-refractivity contribution in [1.29, 1.82) is 0 Å². The van der Waals surface area contributed by atoms with Crippen LogP contribution in [0.15, 0.2) is 24.3 Å². The van der Waals surface area contributed by atoms with Crippen molar-refractivity contribution < 1.29 is 19.3 Å². The zero-order valence-electron chi connectivity index (χ0n) is 12.3. The fraction of sp³-hybridized carbons (Fsp3) is 0.625. The van der Waals surface area contributed by atoms with Gasteiger partial charge in [-0.25, -0.2) is 0 Å². The number of quaternary nitrogens is 1. The van der Waals surface area contributed by atoms with Crippen LogP contribution in [-0.2, 0) is 10.4 Å². The number of benzene rings is 1. The quantitative estimate of drug-likeness (QED) is 0.679. The van der Waals surface area contributed by atoms with Gasteiger partial charge in [-0.1, -0.05) is 25.0 Å². The van der Waals surface area contributed by atoms with Crippen LogP contribution in [0.25, 0.3) is 0 Å². The molecule has 0 aromatic heterocycles. The molecule has 0 spiro atoms. The van der Waals surface area contributed by atoms with Gasteiger partial charge in [-0.3, -0.25) is 0 Å². The summed E-state index contributed by atoms with van der Waals surface area (Å²) < 4.78 is 5.94. The van der Waals surface area contributed by atoms with E-state index >= 15 is 0 Å². The van der Waals surface area contributed by atoms with Crippen LogP contribution < -0.4 is 4.74 Å². The predicted octanol–water partition coefficient (Wildman–Crippen LogP) is 2.42. The maximum absolute atomic E-state index is 11.3. The highest BCUT2D eigenvalue weighted by Crippen LogP contribution is 2.44. The van der Waals surface area contributed by atoms with Gasteiger partial charge in [0.15, 0.2) is 0 Å². The number of nitrogens with zero attached hydrogens (tertiary/aromatic N) is 1. The highest BCUT2D eigenvalue weighted by molar-refractivity contribution is 5.33. The van der Waals surface area contributed by atoms with Gasteiger partial charge in [0.1, 0.15) is 19.3 Å². The lowest BCUT2D eigenvalue weighted by Gasteiger charge is -2.40. The third-order valence-electron chi connectivity index (χ3n) is 4.78. The molecule has 3 atom stereocenters. The summed E-state index contributed by atoms with van der Waals surface area (Å²) in [5.74, 6) is 1.06. The lowest BCUT2D eigenvalue weighted by molar-refractivity contribution is -0.901. The Kier molecular flexibility index (Phi) is 3.48. The molecule has 1 saturated carbocycles. The molecule has 2 aliphatic rings. The Morgan fingerprint density at radius 2 is 2.25 bits per heavy atom. The molecule has 110 valence electrons. The summed E-state index contributed by atoms with van der Waals surface area (Å²) in [6.07, 6.45) is 4.15. The summed E-state index contributed by atoms with van der Waals surface area (Å²) in [5, 5.41) is 11.3. The predicted molar refractivity (Wildman–Crippen MR) is 75.9 cm³/mol. The van der Waals surface area contributed by atoms with Crippen molar-refractivity contribution in [3.05, 3.63) is 29.8 Å². The number of hydrogen-bond donors (Lipinski definition) is 1. The molecule has 0 amide bonds. The number of ether oxygens (including phenoxy) is 1. The zero-order chi connectivity index (χ0) is 14.2. The van der Waals surface area contributed by atoms with Crippen LogP contribution in [0.1, 0.15) is 31.2 Å². The first kappa shape index (κ1) is 13.9. The van der Waals surface area contributed by atoms with Gasteiger partial charge in [-0.2, -0.15) is 0 Å². The van der Waals surface area contributed by atoms with Gasteiger partial charge >= 0.3 is 0 Å². The molecule has 1 aliphatic carbocycles. The molecular formula is C16H24NO3+. The second-order valence-electron chi connectivity index (χ2n) is 6.34. The third kappa shape index (κ3) is 2.55. The van der Waals surface area contributed by atoms with Crippen molar-refractivity contribution in [2.45, 2.75) is 31.3 Å². The molecule has 2 fully saturated rings. The molecule has 4 heteroatoms. The normalized spacial score (nSPS) is 36.6. The van der Waals surface area contributed by atoms with E-state index in [0.717, 1.165) is 43.9 Å². The van der Waals surface area contributed by atoms with Crippen molar-refractivity contribution in [2.75, 3.05) is 27.4 Å². The topological polar surface area (TPSA) is 42.0 Å². The molecule has 4 nitrogen and oxygen atoms in total. The van der Waals surface area contributed by atoms with Gasteiger partial charge in [0, 0.05) is 5.92 Å². The highest BCUT2D eigenvalue weighted by Gasteiger charge is 2.50. The minimum Gasteiger partial charge on any atom is -0.497 e. The van der Waals surface area contributed by atoms with Gasteiger partial charge in [0.05, 0.1) is 12.7 Å². The summed E-state index contributed by atoms with van der Waals surface area (Å²) >= 11 is 0. The van der Waals surface area contributed by atoms with Crippen molar-refractivity contribution in [3.63, 3.8) is 0 Å². The SMILES string of the molecule is COc1cccc(C2(O)CCCCC2C[N+]2(C)CO2)c1. The Hall–Kier alpha value is -1.10. The molecule has 20 heavy (non-hydrogen) atoms. The molecule has 3 rings (SSSR count). The maximum atomic E-state index is 11.3. The number of hydroxylamine groups is 3. The van der Waals surface area contributed by atoms with E-state index in [2.05, 4.69) is 7.05 Å². The first-order valence-electron chi connectivity index (χ1n) is 7.42. The van der Waals surface area contributed by atoms with Crippen LogP contribution >= 0.6 is 0 Å². The molecule has 3 unspecified atom stereocenters. The zero-order valence-corrected chi connectivity index (χ0v) is 12.3. The average Bonchev–Trinajstić information content (AvgIpc) is 3.19. The summed E-state index contributed by atoms with van der Waals surface area (Å²) in [7, 11) is 3.75. The molecule has 1 aromatic carbocycles. The van der Waals surface area contributed by atoms with E-state index in [0.29, 0.717) is 4.65 Å². The third-order valence-corrected chi connectivity index (χ3v) is 4.78. The van der Waals surface area contributed by atoms with E-state index in [1.165, 1.54) is 6.42 Å². The molecule has 1 aliphatic heterocycles. The van der Waals surface area contributed by atoms with Crippen LogP contribution in [0.3, 0.4) is 0 Å². The minimum absolute atomic E-state index is 0.246. The number of rotatable bonds is 4. The van der Waals surface area contributed by atoms with Gasteiger partial charge in [-0.15, -0.1) is 9.48 Å². The number of methoxy groups -OCH3 is 1. The van der Waals surface area contributed by atoms with Gasteiger partial charge < -0.3 is 9.84 Å². The van der Waals surface area contributed by atoms with Gasteiger partial charge in [0.2, 0.25) is 0 Å². The van der Waals surface area contributed by atoms with E-state index in [4.69, 9.17) is 9.57 Å². The Labute approximate surface area is 120 Å². The van der Waals surface area contributed by atoms with Gasteiger partial charge in [0.25, 0.3) is 6.73 Å². The first-order valence-corrected chi connectivity index (χ1v) is 7.42. The summed E-state index contributed by atoms with van der Waals surface area (Å²) in [6, 6.07) is 7.87. The summed E-state index contributed by atoms with van der Waals surface area (Å²) in [6.45, 7) is 1.65. The molecule has 1 saturated heterocycles. The monoisotopic (exact) mass is 278 g/mol. The molecule has 0 radical (unpaired) electrons. The van der Waals surface area contributed by atoms with Crippen LogP contribution in [0.5, 0.6) is 5.75 Å². The van der Waals surface area contributed by atoms with E-state index in [9.17, 15) is 5.11 Å². The Morgan fingerprint density at radius 1 is 1.45 bits per heavy atom. The standard InChI is InChI=1S/C16H24NO3/c1-17(12-20-17)11-14-6-3-4-9-16(14,18)13-7-5-8-15(10-13)19-2/h5,7-8,10,14,18H,3-4,6,9,11-12H2,1-2H3/q+1. The van der Waals surface area contributed by atoms with E-state index in [1.807, 2.05) is 24.3 Å². The fourth-order valence-corrected chi connectivity index (χ4v) is 3.41. The second-order valence-corrected chi connectivity index (χ2v) is 6.34. The Balaban J connectivity index is 1.88. The molecular weight excluding hydrogens is 254 g/mol. The Bertz CT molecular complexity index is 486. The molecule has 1 heterocycles. The highest BCUT2D eigenvalue weighted by atomic mass is 16.9. The van der Waals surface area contributed by atoms with Crippen molar-refractivity contribution in [2.24, 2.45) is 5.92 Å². The van der Waals surface area contributed by atoms with Crippen LogP contribution in [0, 0.1) is 5.92 Å². The smallest absolute Gasteiger partial charge is 0.264 e. The van der Waals surface area contributed by atoms with Crippen LogP contribution in [-0.4, -0.2) is 37.2 Å². The number of hydrogen-bond acceptors (Lipinski definition) is 3. The number of aliphatic hydroxyl groups is 1. The Morgan fingerprint density at radius 3 is 2.95 bits per heavy atom. The lowest BCUT2D eigenvalue weighted by atomic mass is 9.71. The molecule has 0 bridgehead atoms. The van der Waals surface area contributed by atoms with Crippen molar-refractivity contribution in [3.8, 4) is 5.75 Å². The van der Waals surface area contributed by atoms with E-state index < -0.39 is 5.60 Å². The van der Waals surface area contributed by atoms with E-state index in [1.54, 1.807) is 7.11 Å². The van der Waals surface area contributed by atoms with Crippen molar-refractivity contribution in [1.82, 2.24) is 0 Å². The van der Waals surface area contributed by atoms with Crippen LogP contribution in [0.4, 0.5) is 0 Å². The lowest BCUT2D eigenvalue weighted by Crippen LogP contribution is -2.44. The van der Waals surface area contributed by atoms with Gasteiger partial charge in [-0.05, 0) is 30.5 Å². The van der Waals surface area contributed by atoms with Crippen molar-refractivity contribution >= 4 is 0 Å².